The number of carbonyl (C=O) groups excluding carboxylic acids is 2. The Bertz CT molecular complexity index is 689. The number of anilines is 1. The van der Waals surface area contributed by atoms with E-state index in [1.165, 1.54) is 30.3 Å². The summed E-state index contributed by atoms with van der Waals surface area (Å²) in [5.74, 6) is -1.45. The molecule has 0 spiro atoms. The lowest BCUT2D eigenvalue weighted by Crippen LogP contribution is -2.26. The lowest BCUT2D eigenvalue weighted by Gasteiger charge is -2.07. The van der Waals surface area contributed by atoms with Crippen molar-refractivity contribution >= 4 is 17.5 Å². The number of halogens is 1. The highest BCUT2D eigenvalue weighted by molar-refractivity contribution is 6.03. The number of nitrogens with one attached hydrogen (secondary N) is 2. The van der Waals surface area contributed by atoms with E-state index in [0.29, 0.717) is 6.54 Å². The Labute approximate surface area is 127 Å². The number of amides is 2. The van der Waals surface area contributed by atoms with Gasteiger partial charge in [0.1, 0.15) is 17.2 Å². The van der Waals surface area contributed by atoms with Crippen LogP contribution < -0.4 is 10.6 Å². The van der Waals surface area contributed by atoms with Gasteiger partial charge in [0, 0.05) is 6.54 Å². The molecule has 0 bridgehead atoms. The minimum Gasteiger partial charge on any atom is -0.351 e. The standard InChI is InChI=1S/C16H16FN3O2/c1-2-10-18-15(21)13-8-5-9-14(19-13)16(22)20-12-7-4-3-6-11(12)17/h3-9H,2,10H2,1H3,(H,18,21)(H,20,22). The van der Waals surface area contributed by atoms with Crippen LogP contribution in [0.3, 0.4) is 0 Å². The van der Waals surface area contributed by atoms with Gasteiger partial charge in [-0.2, -0.15) is 0 Å². The maximum atomic E-state index is 13.5. The van der Waals surface area contributed by atoms with E-state index < -0.39 is 11.7 Å². The third-order valence-corrected chi connectivity index (χ3v) is 2.87. The van der Waals surface area contributed by atoms with E-state index in [2.05, 4.69) is 15.6 Å². The van der Waals surface area contributed by atoms with Gasteiger partial charge in [-0.05, 0) is 30.7 Å². The van der Waals surface area contributed by atoms with E-state index in [1.807, 2.05) is 6.92 Å². The lowest BCUT2D eigenvalue weighted by atomic mass is 10.2. The van der Waals surface area contributed by atoms with Crippen LogP contribution in [0.4, 0.5) is 10.1 Å². The molecule has 2 N–H and O–H groups in total. The van der Waals surface area contributed by atoms with Gasteiger partial charge in [0.25, 0.3) is 11.8 Å². The molecular formula is C16H16FN3O2. The van der Waals surface area contributed by atoms with Crippen LogP contribution in [0.15, 0.2) is 42.5 Å². The second-order valence-electron chi connectivity index (χ2n) is 4.60. The van der Waals surface area contributed by atoms with Crippen LogP contribution in [0.25, 0.3) is 0 Å². The fourth-order valence-electron chi connectivity index (χ4n) is 1.77. The van der Waals surface area contributed by atoms with Gasteiger partial charge in [0.05, 0.1) is 5.69 Å². The van der Waals surface area contributed by atoms with Gasteiger partial charge >= 0.3 is 0 Å². The third-order valence-electron chi connectivity index (χ3n) is 2.87. The molecule has 0 aliphatic rings. The van der Waals surface area contributed by atoms with Gasteiger partial charge in [0.2, 0.25) is 0 Å². The van der Waals surface area contributed by atoms with E-state index in [-0.39, 0.29) is 23.0 Å². The summed E-state index contributed by atoms with van der Waals surface area (Å²) in [7, 11) is 0. The summed E-state index contributed by atoms with van der Waals surface area (Å²) in [6, 6.07) is 10.4. The summed E-state index contributed by atoms with van der Waals surface area (Å²) >= 11 is 0. The van der Waals surface area contributed by atoms with Gasteiger partial charge in [-0.15, -0.1) is 0 Å². The Hall–Kier alpha value is -2.76. The van der Waals surface area contributed by atoms with E-state index in [0.717, 1.165) is 6.42 Å². The number of benzene rings is 1. The maximum Gasteiger partial charge on any atom is 0.274 e. The van der Waals surface area contributed by atoms with E-state index in [1.54, 1.807) is 12.1 Å². The van der Waals surface area contributed by atoms with Crippen molar-refractivity contribution in [3.63, 3.8) is 0 Å². The first kappa shape index (κ1) is 15.6. The second-order valence-corrected chi connectivity index (χ2v) is 4.60. The summed E-state index contributed by atoms with van der Waals surface area (Å²) in [6.07, 6.45) is 0.805. The Morgan fingerprint density at radius 3 is 2.41 bits per heavy atom. The first-order valence-electron chi connectivity index (χ1n) is 6.93. The van der Waals surface area contributed by atoms with Gasteiger partial charge in [-0.25, -0.2) is 9.37 Å². The third kappa shape index (κ3) is 3.88. The summed E-state index contributed by atoms with van der Waals surface area (Å²) in [4.78, 5) is 27.9. The molecule has 2 rings (SSSR count). The van der Waals surface area contributed by atoms with E-state index in [4.69, 9.17) is 0 Å². The molecule has 0 radical (unpaired) electrons. The summed E-state index contributed by atoms with van der Waals surface area (Å²) in [5, 5.41) is 5.11. The SMILES string of the molecule is CCCNC(=O)c1cccc(C(=O)Nc2ccccc2F)n1. The molecule has 0 unspecified atom stereocenters. The molecule has 22 heavy (non-hydrogen) atoms. The maximum absolute atomic E-state index is 13.5. The topological polar surface area (TPSA) is 71.1 Å². The first-order valence-corrected chi connectivity index (χ1v) is 6.93. The van der Waals surface area contributed by atoms with Crippen molar-refractivity contribution in [1.29, 1.82) is 0 Å². The number of aromatic nitrogens is 1. The molecule has 5 nitrogen and oxygen atoms in total. The van der Waals surface area contributed by atoms with Crippen LogP contribution in [0.5, 0.6) is 0 Å². The molecule has 1 aromatic heterocycles. The highest BCUT2D eigenvalue weighted by Crippen LogP contribution is 2.13. The van der Waals surface area contributed by atoms with Crippen molar-refractivity contribution in [2.24, 2.45) is 0 Å². The molecule has 0 aliphatic heterocycles. The Morgan fingerprint density at radius 2 is 1.73 bits per heavy atom. The number of rotatable bonds is 5. The van der Waals surface area contributed by atoms with Crippen molar-refractivity contribution in [2.75, 3.05) is 11.9 Å². The monoisotopic (exact) mass is 301 g/mol. The molecule has 0 fully saturated rings. The quantitative estimate of drug-likeness (QED) is 0.891. The zero-order valence-electron chi connectivity index (χ0n) is 12.1. The average molecular weight is 301 g/mol. The highest BCUT2D eigenvalue weighted by atomic mass is 19.1. The number of hydrogen-bond donors (Lipinski definition) is 2. The molecule has 114 valence electrons. The van der Waals surface area contributed by atoms with E-state index in [9.17, 15) is 14.0 Å². The zero-order chi connectivity index (χ0) is 15.9. The molecule has 2 amide bonds. The Kier molecular flexibility index (Phi) is 5.19. The average Bonchev–Trinajstić information content (AvgIpc) is 2.54. The van der Waals surface area contributed by atoms with Gasteiger partial charge in [-0.1, -0.05) is 25.1 Å². The molecule has 0 saturated heterocycles. The Morgan fingerprint density at radius 1 is 1.05 bits per heavy atom. The number of pyridine rings is 1. The van der Waals surface area contributed by atoms with Crippen molar-refractivity contribution in [3.05, 3.63) is 59.7 Å². The van der Waals surface area contributed by atoms with Crippen molar-refractivity contribution < 1.29 is 14.0 Å². The molecule has 2 aromatic rings. The fraction of sp³-hybridized carbons (Fsp3) is 0.188. The van der Waals surface area contributed by atoms with Gasteiger partial charge < -0.3 is 10.6 Å². The van der Waals surface area contributed by atoms with Crippen molar-refractivity contribution in [2.45, 2.75) is 13.3 Å². The summed E-state index contributed by atoms with van der Waals surface area (Å²) in [5.41, 5.74) is 0.261. The number of carbonyl (C=O) groups is 2. The molecule has 6 heteroatoms. The largest absolute Gasteiger partial charge is 0.351 e. The van der Waals surface area contributed by atoms with Crippen LogP contribution in [0.2, 0.25) is 0 Å². The first-order chi connectivity index (χ1) is 10.6. The van der Waals surface area contributed by atoms with Gasteiger partial charge in [0.15, 0.2) is 0 Å². The summed E-state index contributed by atoms with van der Waals surface area (Å²) < 4.78 is 13.5. The second kappa shape index (κ2) is 7.31. The number of para-hydroxylation sites is 1. The number of hydrogen-bond acceptors (Lipinski definition) is 3. The summed E-state index contributed by atoms with van der Waals surface area (Å²) in [6.45, 7) is 2.47. The van der Waals surface area contributed by atoms with Crippen LogP contribution in [-0.2, 0) is 0 Å². The molecule has 1 aromatic carbocycles. The van der Waals surface area contributed by atoms with Crippen molar-refractivity contribution in [1.82, 2.24) is 10.3 Å². The molecule has 0 atom stereocenters. The van der Waals surface area contributed by atoms with Crippen LogP contribution in [0.1, 0.15) is 34.3 Å². The minimum absolute atomic E-state index is 0.0485. The van der Waals surface area contributed by atoms with Crippen LogP contribution in [-0.4, -0.2) is 23.3 Å². The molecule has 0 saturated carbocycles. The highest BCUT2D eigenvalue weighted by Gasteiger charge is 2.13. The smallest absolute Gasteiger partial charge is 0.274 e. The Balaban J connectivity index is 2.13. The van der Waals surface area contributed by atoms with E-state index >= 15 is 0 Å². The number of nitrogens with zero attached hydrogens (tertiary/aromatic N) is 1. The predicted octanol–water partition coefficient (Wildman–Crippen LogP) is 2.61. The fourth-order valence-corrected chi connectivity index (χ4v) is 1.77. The zero-order valence-corrected chi connectivity index (χ0v) is 12.1. The minimum atomic E-state index is -0.574. The van der Waals surface area contributed by atoms with Crippen LogP contribution in [0, 0.1) is 5.82 Å². The normalized spacial score (nSPS) is 10.1. The van der Waals surface area contributed by atoms with Crippen LogP contribution >= 0.6 is 0 Å². The molecular weight excluding hydrogens is 285 g/mol. The molecule has 1 heterocycles. The lowest BCUT2D eigenvalue weighted by molar-refractivity contribution is 0.0948. The molecule has 0 aliphatic carbocycles. The van der Waals surface area contributed by atoms with Gasteiger partial charge in [-0.3, -0.25) is 9.59 Å². The predicted molar refractivity (Wildman–Crippen MR) is 81.2 cm³/mol. The van der Waals surface area contributed by atoms with Crippen molar-refractivity contribution in [3.8, 4) is 0 Å².